The Hall–Kier alpha value is -1.72. The first kappa shape index (κ1) is 20.6. The fourth-order valence-electron chi connectivity index (χ4n) is 2.43. The van der Waals surface area contributed by atoms with Gasteiger partial charge in [0.15, 0.2) is 11.5 Å². The number of thiophene rings is 1. The average molecular weight is 409 g/mol. The molecule has 1 heterocycles. The first-order valence-corrected chi connectivity index (χ1v) is 9.27. The number of rotatable bonds is 8. The van der Waals surface area contributed by atoms with Crippen LogP contribution in [0.3, 0.4) is 0 Å². The molecule has 0 aliphatic carbocycles. The molecule has 0 saturated heterocycles. The molecule has 6 heteroatoms. The average Bonchev–Trinajstić information content (AvgIpc) is 3.15. The lowest BCUT2D eigenvalue weighted by Gasteiger charge is -2.13. The molecule has 0 spiro atoms. The van der Waals surface area contributed by atoms with Crippen LogP contribution in [-0.4, -0.2) is 7.11 Å². The predicted octanol–water partition coefficient (Wildman–Crippen LogP) is 2.28. The molecule has 138 valence electrons. The molecular formula is C20H20Cl2NO2S-. The van der Waals surface area contributed by atoms with Gasteiger partial charge in [-0.2, -0.15) is 0 Å². The first-order chi connectivity index (χ1) is 12.2. The van der Waals surface area contributed by atoms with Gasteiger partial charge in [-0.1, -0.05) is 35.9 Å². The summed E-state index contributed by atoms with van der Waals surface area (Å²) in [4.78, 5) is 1.33. The third-order valence-corrected chi connectivity index (χ3v) is 4.87. The molecule has 0 radical (unpaired) electrons. The number of hydrogen-bond donors (Lipinski definition) is 1. The lowest BCUT2D eigenvalue weighted by atomic mass is 10.2. The molecule has 0 fully saturated rings. The van der Waals surface area contributed by atoms with E-state index in [1.807, 2.05) is 36.4 Å². The number of nitrogens with one attached hydrogen (secondary N) is 1. The van der Waals surface area contributed by atoms with E-state index < -0.39 is 0 Å². The molecule has 0 unspecified atom stereocenters. The second-order valence-electron chi connectivity index (χ2n) is 5.58. The molecule has 0 saturated carbocycles. The lowest BCUT2D eigenvalue weighted by molar-refractivity contribution is -0.00000545. The van der Waals surface area contributed by atoms with Gasteiger partial charge < -0.3 is 27.2 Å². The van der Waals surface area contributed by atoms with Crippen molar-refractivity contribution in [3.8, 4) is 11.5 Å². The quantitative estimate of drug-likeness (QED) is 0.620. The van der Waals surface area contributed by atoms with E-state index in [0.29, 0.717) is 6.61 Å². The van der Waals surface area contributed by atoms with E-state index in [1.165, 1.54) is 4.88 Å². The van der Waals surface area contributed by atoms with E-state index in [0.717, 1.165) is 40.7 Å². The summed E-state index contributed by atoms with van der Waals surface area (Å²) in [7, 11) is 1.66. The molecule has 1 N–H and O–H groups in total. The van der Waals surface area contributed by atoms with Gasteiger partial charge in [-0.05, 0) is 46.8 Å². The molecule has 0 aliphatic heterocycles. The van der Waals surface area contributed by atoms with E-state index in [9.17, 15) is 0 Å². The summed E-state index contributed by atoms with van der Waals surface area (Å²) in [6.07, 6.45) is 0. The fraction of sp³-hybridized carbons (Fsp3) is 0.200. The van der Waals surface area contributed by atoms with Gasteiger partial charge in [0, 0.05) is 23.0 Å². The van der Waals surface area contributed by atoms with Gasteiger partial charge in [-0.25, -0.2) is 0 Å². The highest BCUT2D eigenvalue weighted by atomic mass is 35.5. The third-order valence-electron chi connectivity index (χ3n) is 3.74. The second-order valence-corrected chi connectivity index (χ2v) is 7.05. The fourth-order valence-corrected chi connectivity index (χ4v) is 3.23. The molecule has 3 nitrogen and oxygen atoms in total. The van der Waals surface area contributed by atoms with Crippen LogP contribution in [0.1, 0.15) is 16.0 Å². The van der Waals surface area contributed by atoms with Crippen molar-refractivity contribution in [3.63, 3.8) is 0 Å². The van der Waals surface area contributed by atoms with Crippen molar-refractivity contribution >= 4 is 22.9 Å². The Kier molecular flexibility index (Phi) is 8.26. The van der Waals surface area contributed by atoms with Gasteiger partial charge in [-0.15, -0.1) is 11.3 Å². The first-order valence-electron chi connectivity index (χ1n) is 8.02. The maximum absolute atomic E-state index is 5.90. The largest absolute Gasteiger partial charge is 1.00 e. The summed E-state index contributed by atoms with van der Waals surface area (Å²) in [5.74, 6) is 1.48. The van der Waals surface area contributed by atoms with E-state index in [4.69, 9.17) is 21.1 Å². The Balaban J connectivity index is 0.00000243. The van der Waals surface area contributed by atoms with E-state index in [-0.39, 0.29) is 12.4 Å². The normalized spacial score (nSPS) is 10.2. The highest BCUT2D eigenvalue weighted by Crippen LogP contribution is 2.29. The van der Waals surface area contributed by atoms with Crippen LogP contribution < -0.4 is 27.2 Å². The van der Waals surface area contributed by atoms with Crippen molar-refractivity contribution in [3.05, 3.63) is 81.0 Å². The molecule has 0 amide bonds. The van der Waals surface area contributed by atoms with Gasteiger partial charge in [0.05, 0.1) is 7.11 Å². The maximum atomic E-state index is 5.90. The highest BCUT2D eigenvalue weighted by molar-refractivity contribution is 7.09. The summed E-state index contributed by atoms with van der Waals surface area (Å²) in [5, 5.41) is 6.25. The molecule has 1 aromatic heterocycles. The minimum Gasteiger partial charge on any atom is -1.00 e. The Morgan fingerprint density at radius 1 is 0.962 bits per heavy atom. The van der Waals surface area contributed by atoms with Gasteiger partial charge in [-0.3, -0.25) is 0 Å². The monoisotopic (exact) mass is 408 g/mol. The molecule has 3 aromatic rings. The number of benzene rings is 2. The molecule has 0 atom stereocenters. The van der Waals surface area contributed by atoms with Crippen LogP contribution in [0.5, 0.6) is 11.5 Å². The van der Waals surface area contributed by atoms with Crippen molar-refractivity contribution in [2.24, 2.45) is 0 Å². The topological polar surface area (TPSA) is 30.5 Å². The van der Waals surface area contributed by atoms with Crippen LogP contribution in [-0.2, 0) is 19.7 Å². The van der Waals surface area contributed by atoms with Crippen LogP contribution >= 0.6 is 22.9 Å². The summed E-state index contributed by atoms with van der Waals surface area (Å²) >= 11 is 7.66. The van der Waals surface area contributed by atoms with Crippen LogP contribution in [0.25, 0.3) is 0 Å². The minimum atomic E-state index is 0. The molecule has 3 rings (SSSR count). The van der Waals surface area contributed by atoms with Gasteiger partial charge in [0.25, 0.3) is 0 Å². The Morgan fingerprint density at radius 2 is 1.73 bits per heavy atom. The van der Waals surface area contributed by atoms with Crippen LogP contribution in [0.4, 0.5) is 0 Å². The van der Waals surface area contributed by atoms with Gasteiger partial charge in [0.2, 0.25) is 0 Å². The van der Waals surface area contributed by atoms with Crippen molar-refractivity contribution in [1.29, 1.82) is 0 Å². The summed E-state index contributed by atoms with van der Waals surface area (Å²) in [6, 6.07) is 17.9. The zero-order valence-electron chi connectivity index (χ0n) is 14.4. The second kappa shape index (κ2) is 10.4. The van der Waals surface area contributed by atoms with E-state index in [2.05, 4.69) is 28.9 Å². The van der Waals surface area contributed by atoms with E-state index >= 15 is 0 Å². The van der Waals surface area contributed by atoms with Crippen LogP contribution in [0, 0.1) is 0 Å². The van der Waals surface area contributed by atoms with Crippen molar-refractivity contribution in [2.75, 3.05) is 7.11 Å². The number of halogens is 2. The zero-order chi connectivity index (χ0) is 17.5. The number of hydrogen-bond acceptors (Lipinski definition) is 4. The Bertz CT molecular complexity index is 792. The maximum Gasteiger partial charge on any atom is 0.161 e. The number of ether oxygens (including phenoxy) is 2. The number of methoxy groups -OCH3 is 1. The highest BCUT2D eigenvalue weighted by Gasteiger charge is 2.06. The summed E-state index contributed by atoms with van der Waals surface area (Å²) in [6.45, 7) is 2.13. The Labute approximate surface area is 169 Å². The van der Waals surface area contributed by atoms with Gasteiger partial charge >= 0.3 is 0 Å². The van der Waals surface area contributed by atoms with Gasteiger partial charge in [0.1, 0.15) is 6.61 Å². The van der Waals surface area contributed by atoms with E-state index in [1.54, 1.807) is 18.4 Å². The van der Waals surface area contributed by atoms with Crippen molar-refractivity contribution in [2.45, 2.75) is 19.7 Å². The summed E-state index contributed by atoms with van der Waals surface area (Å²) < 4.78 is 11.4. The molecule has 0 aliphatic rings. The van der Waals surface area contributed by atoms with Crippen molar-refractivity contribution < 1.29 is 21.9 Å². The summed E-state index contributed by atoms with van der Waals surface area (Å²) in [5.41, 5.74) is 2.22. The van der Waals surface area contributed by atoms with Crippen LogP contribution in [0.15, 0.2) is 60.0 Å². The standard InChI is InChI=1S/C20H20ClNO2S.ClH/c1-23-20-11-16(12-22-13-18-3-2-10-25-18)6-9-19(20)24-14-15-4-7-17(21)8-5-15;/h2-11,22H,12-14H2,1H3;1H/p-1. The van der Waals surface area contributed by atoms with Crippen LogP contribution in [0.2, 0.25) is 5.02 Å². The lowest BCUT2D eigenvalue weighted by Crippen LogP contribution is -3.00. The molecular weight excluding hydrogens is 389 g/mol. The molecule has 0 bridgehead atoms. The predicted molar refractivity (Wildman–Crippen MR) is 104 cm³/mol. The Morgan fingerprint density at radius 3 is 2.42 bits per heavy atom. The third kappa shape index (κ3) is 5.92. The smallest absolute Gasteiger partial charge is 0.161 e. The zero-order valence-corrected chi connectivity index (χ0v) is 16.7. The molecule has 26 heavy (non-hydrogen) atoms. The van der Waals surface area contributed by atoms with Crippen molar-refractivity contribution in [1.82, 2.24) is 5.32 Å². The molecule has 2 aromatic carbocycles. The minimum absolute atomic E-state index is 0. The SMILES string of the molecule is COc1cc(CNCc2cccs2)ccc1OCc1ccc(Cl)cc1.[Cl-].